The topological polar surface area (TPSA) is 96.2 Å². The van der Waals surface area contributed by atoms with E-state index in [9.17, 15) is 9.59 Å². The molecule has 0 aliphatic carbocycles. The summed E-state index contributed by atoms with van der Waals surface area (Å²) in [6.45, 7) is 2.96. The van der Waals surface area contributed by atoms with Crippen molar-refractivity contribution in [1.82, 2.24) is 0 Å². The van der Waals surface area contributed by atoms with Crippen LogP contribution in [0.25, 0.3) is 0 Å². The Morgan fingerprint density at radius 2 is 1.75 bits per heavy atom. The molecule has 6 heteroatoms. The predicted octanol–water partition coefficient (Wildman–Crippen LogP) is -0.0634. The number of oxime groups is 1. The molecular formula is C6H9NO5. The molecule has 0 saturated heterocycles. The molecule has 68 valence electrons. The van der Waals surface area contributed by atoms with Gasteiger partial charge >= 0.3 is 11.9 Å². The van der Waals surface area contributed by atoms with Crippen LogP contribution in [0.2, 0.25) is 0 Å². The summed E-state index contributed by atoms with van der Waals surface area (Å²) in [6.07, 6.45) is -1.74. The van der Waals surface area contributed by atoms with Crippen molar-refractivity contribution in [2.24, 2.45) is 5.16 Å². The van der Waals surface area contributed by atoms with Gasteiger partial charge in [-0.1, -0.05) is 0 Å². The molecule has 0 aromatic rings. The van der Waals surface area contributed by atoms with Gasteiger partial charge in [0, 0.05) is 6.72 Å². The minimum atomic E-state index is -1.13. The Morgan fingerprint density at radius 3 is 2.00 bits per heavy atom. The fourth-order valence-corrected chi connectivity index (χ4v) is 0.642. The highest BCUT2D eigenvalue weighted by Crippen LogP contribution is 2.04. The number of carboxylic acids is 2. The highest BCUT2D eigenvalue weighted by Gasteiger charge is 2.17. The fraction of sp³-hybridized carbons (Fsp3) is 0.500. The average Bonchev–Trinajstić information content (AvgIpc) is 1.84. The molecule has 0 radical (unpaired) electrons. The molecule has 0 unspecified atom stereocenters. The lowest BCUT2D eigenvalue weighted by molar-refractivity contribution is -0.144. The molecule has 0 aliphatic rings. The summed E-state index contributed by atoms with van der Waals surface area (Å²) in [4.78, 5) is 24.7. The Hall–Kier alpha value is -1.59. The lowest BCUT2D eigenvalue weighted by Gasteiger charge is -2.08. The van der Waals surface area contributed by atoms with E-state index in [1.165, 1.54) is 0 Å². The van der Waals surface area contributed by atoms with Gasteiger partial charge in [-0.25, -0.2) is 0 Å². The Labute approximate surface area is 68.4 Å². The molecular weight excluding hydrogens is 166 g/mol. The standard InChI is InChI=1S/C6H9NO5/c1-7-12-4(2-5(8)9)3-6(10)11/h4H,1-3H2,(H,8,9)(H,10,11). The molecule has 0 aromatic heterocycles. The number of aliphatic carboxylic acids is 2. The lowest BCUT2D eigenvalue weighted by Crippen LogP contribution is -2.19. The van der Waals surface area contributed by atoms with E-state index in [0.717, 1.165) is 0 Å². The van der Waals surface area contributed by atoms with Crippen molar-refractivity contribution in [2.45, 2.75) is 18.9 Å². The fourth-order valence-electron chi connectivity index (χ4n) is 0.642. The Morgan fingerprint density at radius 1 is 1.33 bits per heavy atom. The summed E-state index contributed by atoms with van der Waals surface area (Å²) >= 11 is 0. The van der Waals surface area contributed by atoms with Gasteiger partial charge in [0.2, 0.25) is 0 Å². The Balaban J connectivity index is 3.93. The minimum absolute atomic E-state index is 0.397. The summed E-state index contributed by atoms with van der Waals surface area (Å²) in [6, 6.07) is 0. The second kappa shape index (κ2) is 5.11. The first-order valence-corrected chi connectivity index (χ1v) is 3.11. The summed E-state index contributed by atoms with van der Waals surface area (Å²) in [5.41, 5.74) is 0. The van der Waals surface area contributed by atoms with E-state index in [0.29, 0.717) is 0 Å². The van der Waals surface area contributed by atoms with Crippen molar-refractivity contribution in [2.75, 3.05) is 0 Å². The van der Waals surface area contributed by atoms with Crippen LogP contribution in [0.15, 0.2) is 5.16 Å². The summed E-state index contributed by atoms with van der Waals surface area (Å²) in [5.74, 6) is -2.27. The van der Waals surface area contributed by atoms with Crippen molar-refractivity contribution in [3.05, 3.63) is 0 Å². The van der Waals surface area contributed by atoms with E-state index in [-0.39, 0.29) is 0 Å². The largest absolute Gasteiger partial charge is 0.481 e. The first kappa shape index (κ1) is 10.4. The van der Waals surface area contributed by atoms with Gasteiger partial charge in [-0.2, -0.15) is 0 Å². The zero-order chi connectivity index (χ0) is 9.56. The molecule has 0 rings (SSSR count). The summed E-state index contributed by atoms with van der Waals surface area (Å²) in [5, 5.41) is 19.5. The van der Waals surface area contributed by atoms with Gasteiger partial charge in [-0.3, -0.25) is 9.59 Å². The van der Waals surface area contributed by atoms with Gasteiger partial charge in [0.1, 0.15) is 6.10 Å². The van der Waals surface area contributed by atoms with Gasteiger partial charge in [0.15, 0.2) is 0 Å². The molecule has 0 amide bonds. The molecule has 0 atom stereocenters. The van der Waals surface area contributed by atoms with E-state index in [1.54, 1.807) is 0 Å². The van der Waals surface area contributed by atoms with Crippen LogP contribution in [-0.2, 0) is 14.4 Å². The molecule has 0 spiro atoms. The summed E-state index contributed by atoms with van der Waals surface area (Å²) in [7, 11) is 0. The number of rotatable bonds is 6. The van der Waals surface area contributed by atoms with Gasteiger partial charge in [0.25, 0.3) is 0 Å². The van der Waals surface area contributed by atoms with Crippen molar-refractivity contribution < 1.29 is 24.6 Å². The Kier molecular flexibility index (Phi) is 4.43. The number of carbonyl (C=O) groups is 2. The molecule has 0 fully saturated rings. The first-order valence-electron chi connectivity index (χ1n) is 3.11. The lowest BCUT2D eigenvalue weighted by atomic mass is 10.2. The van der Waals surface area contributed by atoms with Crippen LogP contribution in [-0.4, -0.2) is 35.0 Å². The maximum atomic E-state index is 10.1. The number of hydrogen-bond acceptors (Lipinski definition) is 4. The first-order chi connectivity index (χ1) is 5.56. The van der Waals surface area contributed by atoms with Crippen LogP contribution in [0, 0.1) is 0 Å². The van der Waals surface area contributed by atoms with Gasteiger partial charge in [-0.15, -0.1) is 5.16 Å². The van der Waals surface area contributed by atoms with Crippen LogP contribution in [0.1, 0.15) is 12.8 Å². The van der Waals surface area contributed by atoms with Crippen LogP contribution in [0.3, 0.4) is 0 Å². The van der Waals surface area contributed by atoms with Crippen LogP contribution >= 0.6 is 0 Å². The van der Waals surface area contributed by atoms with E-state index in [4.69, 9.17) is 10.2 Å². The summed E-state index contributed by atoms with van der Waals surface area (Å²) < 4.78 is 0. The molecule has 12 heavy (non-hydrogen) atoms. The van der Waals surface area contributed by atoms with E-state index >= 15 is 0 Å². The maximum Gasteiger partial charge on any atom is 0.307 e. The molecule has 0 saturated carbocycles. The molecule has 0 aromatic carbocycles. The number of nitrogens with zero attached hydrogens (tertiary/aromatic N) is 1. The highest BCUT2D eigenvalue weighted by atomic mass is 16.6. The van der Waals surface area contributed by atoms with Crippen molar-refractivity contribution in [3.8, 4) is 0 Å². The van der Waals surface area contributed by atoms with Gasteiger partial charge in [-0.05, 0) is 0 Å². The van der Waals surface area contributed by atoms with Crippen molar-refractivity contribution in [1.29, 1.82) is 0 Å². The van der Waals surface area contributed by atoms with Crippen molar-refractivity contribution in [3.63, 3.8) is 0 Å². The second-order valence-corrected chi connectivity index (χ2v) is 2.05. The number of hydrogen-bond donors (Lipinski definition) is 2. The molecule has 0 heterocycles. The zero-order valence-electron chi connectivity index (χ0n) is 6.27. The Bertz CT molecular complexity index is 174. The monoisotopic (exact) mass is 175 g/mol. The molecule has 0 aliphatic heterocycles. The van der Waals surface area contributed by atoms with Gasteiger partial charge in [0.05, 0.1) is 12.8 Å². The number of carboxylic acid groups (broad SMARTS) is 2. The second-order valence-electron chi connectivity index (χ2n) is 2.05. The van der Waals surface area contributed by atoms with E-state index in [1.807, 2.05) is 0 Å². The average molecular weight is 175 g/mol. The third-order valence-electron chi connectivity index (χ3n) is 1.03. The molecule has 2 N–H and O–H groups in total. The molecule has 6 nitrogen and oxygen atoms in total. The third kappa shape index (κ3) is 5.21. The van der Waals surface area contributed by atoms with Gasteiger partial charge < -0.3 is 15.1 Å². The zero-order valence-corrected chi connectivity index (χ0v) is 6.27. The van der Waals surface area contributed by atoms with E-state index in [2.05, 4.69) is 16.7 Å². The SMILES string of the molecule is C=NOC(CC(=O)O)CC(=O)O. The maximum absolute atomic E-state index is 10.1. The van der Waals surface area contributed by atoms with Crippen LogP contribution < -0.4 is 0 Å². The molecule has 0 bridgehead atoms. The normalized spacial score (nSPS) is 9.42. The van der Waals surface area contributed by atoms with Crippen LogP contribution in [0.4, 0.5) is 0 Å². The predicted molar refractivity (Wildman–Crippen MR) is 38.9 cm³/mol. The smallest absolute Gasteiger partial charge is 0.307 e. The van der Waals surface area contributed by atoms with Crippen LogP contribution in [0.5, 0.6) is 0 Å². The van der Waals surface area contributed by atoms with Crippen molar-refractivity contribution >= 4 is 18.7 Å². The highest BCUT2D eigenvalue weighted by molar-refractivity contribution is 5.71. The van der Waals surface area contributed by atoms with E-state index < -0.39 is 30.9 Å². The third-order valence-corrected chi connectivity index (χ3v) is 1.03. The minimum Gasteiger partial charge on any atom is -0.481 e. The quantitative estimate of drug-likeness (QED) is 0.435.